The summed E-state index contributed by atoms with van der Waals surface area (Å²) < 4.78 is 8.72. The number of aliphatic hydroxyl groups excluding tert-OH is 1. The molecular formula is C18H24IN3O2. The molecule has 0 aliphatic rings. The van der Waals surface area contributed by atoms with Crippen LogP contribution in [0.1, 0.15) is 30.7 Å². The first-order valence-electron chi connectivity index (χ1n) is 8.09. The van der Waals surface area contributed by atoms with Crippen LogP contribution in [-0.4, -0.2) is 33.8 Å². The van der Waals surface area contributed by atoms with Crippen molar-refractivity contribution in [3.8, 4) is 0 Å². The van der Waals surface area contributed by atoms with Crippen molar-refractivity contribution in [2.45, 2.75) is 32.4 Å². The monoisotopic (exact) mass is 441 g/mol. The van der Waals surface area contributed by atoms with Crippen LogP contribution in [-0.2, 0) is 17.7 Å². The SMILES string of the molecule is CO[C@@H](c1ccc(I)cc1)[C@@H](C)/C=C/CCn1cc(CCO)nn1. The van der Waals surface area contributed by atoms with Gasteiger partial charge in [0.2, 0.25) is 0 Å². The Morgan fingerprint density at radius 3 is 2.75 bits per heavy atom. The zero-order valence-electron chi connectivity index (χ0n) is 14.1. The number of benzene rings is 1. The Balaban J connectivity index is 1.86. The van der Waals surface area contributed by atoms with Crippen LogP contribution in [0.2, 0.25) is 0 Å². The first-order valence-corrected chi connectivity index (χ1v) is 9.16. The Morgan fingerprint density at radius 2 is 2.08 bits per heavy atom. The minimum atomic E-state index is 0.0563. The number of hydrogen-bond acceptors (Lipinski definition) is 4. The Bertz CT molecular complexity index is 640. The lowest BCUT2D eigenvalue weighted by atomic mass is 9.96. The summed E-state index contributed by atoms with van der Waals surface area (Å²) in [5.41, 5.74) is 2.02. The van der Waals surface area contributed by atoms with E-state index in [4.69, 9.17) is 9.84 Å². The van der Waals surface area contributed by atoms with E-state index in [2.05, 4.69) is 76.2 Å². The van der Waals surface area contributed by atoms with Gasteiger partial charge in [-0.15, -0.1) is 5.10 Å². The van der Waals surface area contributed by atoms with E-state index in [1.807, 2.05) is 10.9 Å². The molecule has 0 radical (unpaired) electrons. The molecule has 2 atom stereocenters. The van der Waals surface area contributed by atoms with E-state index in [1.165, 1.54) is 9.13 Å². The molecule has 0 unspecified atom stereocenters. The average Bonchev–Trinajstić information content (AvgIpc) is 3.02. The maximum atomic E-state index is 8.89. The summed E-state index contributed by atoms with van der Waals surface area (Å²) in [6, 6.07) is 8.46. The molecule has 0 amide bonds. The molecule has 0 spiro atoms. The topological polar surface area (TPSA) is 60.2 Å². The zero-order valence-corrected chi connectivity index (χ0v) is 16.3. The van der Waals surface area contributed by atoms with Gasteiger partial charge < -0.3 is 9.84 Å². The molecule has 0 saturated heterocycles. The minimum Gasteiger partial charge on any atom is -0.396 e. The highest BCUT2D eigenvalue weighted by atomic mass is 127. The van der Waals surface area contributed by atoms with Gasteiger partial charge in [0.05, 0.1) is 11.8 Å². The number of aliphatic hydroxyl groups is 1. The van der Waals surface area contributed by atoms with Gasteiger partial charge in [-0.3, -0.25) is 4.68 Å². The zero-order chi connectivity index (χ0) is 17.4. The number of allylic oxidation sites excluding steroid dienone is 1. The number of aromatic nitrogens is 3. The summed E-state index contributed by atoms with van der Waals surface area (Å²) in [4.78, 5) is 0. The number of hydrogen-bond donors (Lipinski definition) is 1. The highest BCUT2D eigenvalue weighted by Gasteiger charge is 2.16. The molecule has 0 aliphatic heterocycles. The summed E-state index contributed by atoms with van der Waals surface area (Å²) in [6.07, 6.45) is 7.74. The van der Waals surface area contributed by atoms with E-state index in [-0.39, 0.29) is 18.6 Å². The molecule has 0 bridgehead atoms. The first kappa shape index (κ1) is 19.1. The summed E-state index contributed by atoms with van der Waals surface area (Å²) in [6.45, 7) is 3.05. The Kier molecular flexibility index (Phi) is 7.87. The fraction of sp³-hybridized carbons (Fsp3) is 0.444. The molecule has 1 N–H and O–H groups in total. The third-order valence-corrected chi connectivity index (χ3v) is 4.57. The van der Waals surface area contributed by atoms with Crippen LogP contribution < -0.4 is 0 Å². The van der Waals surface area contributed by atoms with Crippen molar-refractivity contribution in [1.82, 2.24) is 15.0 Å². The van der Waals surface area contributed by atoms with Crippen molar-refractivity contribution < 1.29 is 9.84 Å². The highest BCUT2D eigenvalue weighted by Crippen LogP contribution is 2.27. The number of aryl methyl sites for hydroxylation is 1. The van der Waals surface area contributed by atoms with Gasteiger partial charge in [0.25, 0.3) is 0 Å². The molecule has 1 aromatic heterocycles. The molecule has 0 aliphatic carbocycles. The number of rotatable bonds is 9. The summed E-state index contributed by atoms with van der Waals surface area (Å²) in [5, 5.41) is 17.0. The van der Waals surface area contributed by atoms with Crippen molar-refractivity contribution in [3.05, 3.63) is 57.4 Å². The van der Waals surface area contributed by atoms with Gasteiger partial charge in [-0.1, -0.05) is 36.4 Å². The summed E-state index contributed by atoms with van der Waals surface area (Å²) >= 11 is 2.31. The van der Waals surface area contributed by atoms with E-state index in [0.29, 0.717) is 6.42 Å². The lowest BCUT2D eigenvalue weighted by molar-refractivity contribution is 0.0740. The number of halogens is 1. The minimum absolute atomic E-state index is 0.0563. The smallest absolute Gasteiger partial charge is 0.0881 e. The molecule has 0 fully saturated rings. The van der Waals surface area contributed by atoms with Crippen LogP contribution in [0.5, 0.6) is 0 Å². The maximum absolute atomic E-state index is 8.89. The second kappa shape index (κ2) is 9.90. The van der Waals surface area contributed by atoms with Crippen LogP contribution in [0.3, 0.4) is 0 Å². The van der Waals surface area contributed by atoms with E-state index < -0.39 is 0 Å². The Hall–Kier alpha value is -1.25. The van der Waals surface area contributed by atoms with E-state index in [0.717, 1.165) is 18.7 Å². The number of nitrogens with zero attached hydrogens (tertiary/aromatic N) is 3. The lowest BCUT2D eigenvalue weighted by Crippen LogP contribution is -2.10. The van der Waals surface area contributed by atoms with Gasteiger partial charge in [0.1, 0.15) is 0 Å². The van der Waals surface area contributed by atoms with Gasteiger partial charge in [-0.2, -0.15) is 0 Å². The van der Waals surface area contributed by atoms with Gasteiger partial charge in [-0.05, 0) is 46.7 Å². The van der Waals surface area contributed by atoms with E-state index in [9.17, 15) is 0 Å². The standard InChI is InChI=1S/C18H24IN3O2/c1-14(18(24-2)15-6-8-16(19)9-7-15)5-3-4-11-22-13-17(10-12-23)20-21-22/h3,5-9,13-14,18,23H,4,10-12H2,1-2H3/b5-3+/t14-,18+/m0/s1. The van der Waals surface area contributed by atoms with Crippen LogP contribution in [0, 0.1) is 9.49 Å². The predicted octanol–water partition coefficient (Wildman–Crippen LogP) is 3.39. The quantitative estimate of drug-likeness (QED) is 0.479. The lowest BCUT2D eigenvalue weighted by Gasteiger charge is -2.20. The van der Waals surface area contributed by atoms with E-state index >= 15 is 0 Å². The molecule has 130 valence electrons. The van der Waals surface area contributed by atoms with Gasteiger partial charge in [0, 0.05) is 42.4 Å². The third kappa shape index (κ3) is 5.68. The molecule has 1 heterocycles. The van der Waals surface area contributed by atoms with Gasteiger partial charge in [0.15, 0.2) is 0 Å². The third-order valence-electron chi connectivity index (χ3n) is 3.85. The molecular weight excluding hydrogens is 417 g/mol. The largest absolute Gasteiger partial charge is 0.396 e. The van der Waals surface area contributed by atoms with Crippen LogP contribution in [0.25, 0.3) is 0 Å². The second-order valence-corrected chi connectivity index (χ2v) is 6.98. The molecule has 2 aromatic rings. The molecule has 6 heteroatoms. The molecule has 2 rings (SSSR count). The molecule has 5 nitrogen and oxygen atoms in total. The molecule has 1 aromatic carbocycles. The van der Waals surface area contributed by atoms with Gasteiger partial charge >= 0.3 is 0 Å². The van der Waals surface area contributed by atoms with Crippen molar-refractivity contribution in [2.75, 3.05) is 13.7 Å². The van der Waals surface area contributed by atoms with Crippen molar-refractivity contribution in [2.24, 2.45) is 5.92 Å². The van der Waals surface area contributed by atoms with Gasteiger partial charge in [-0.25, -0.2) is 0 Å². The van der Waals surface area contributed by atoms with E-state index in [1.54, 1.807) is 7.11 Å². The maximum Gasteiger partial charge on any atom is 0.0881 e. The van der Waals surface area contributed by atoms with Crippen LogP contribution in [0.4, 0.5) is 0 Å². The van der Waals surface area contributed by atoms with Crippen molar-refractivity contribution in [1.29, 1.82) is 0 Å². The molecule has 0 saturated carbocycles. The summed E-state index contributed by atoms with van der Waals surface area (Å²) in [7, 11) is 1.76. The molecule has 24 heavy (non-hydrogen) atoms. The fourth-order valence-electron chi connectivity index (χ4n) is 2.60. The predicted molar refractivity (Wildman–Crippen MR) is 103 cm³/mol. The first-order chi connectivity index (χ1) is 11.6. The van der Waals surface area contributed by atoms with Crippen molar-refractivity contribution in [3.63, 3.8) is 0 Å². The van der Waals surface area contributed by atoms with Crippen LogP contribution in [0.15, 0.2) is 42.6 Å². The second-order valence-electron chi connectivity index (χ2n) is 5.73. The number of ether oxygens (including phenoxy) is 1. The highest BCUT2D eigenvalue weighted by molar-refractivity contribution is 14.1. The average molecular weight is 441 g/mol. The Labute approximate surface area is 156 Å². The Morgan fingerprint density at radius 1 is 1.33 bits per heavy atom. The van der Waals surface area contributed by atoms with Crippen LogP contribution >= 0.6 is 22.6 Å². The number of methoxy groups -OCH3 is 1. The summed E-state index contributed by atoms with van der Waals surface area (Å²) in [5.74, 6) is 0.288. The van der Waals surface area contributed by atoms with Crippen molar-refractivity contribution >= 4 is 22.6 Å². The normalized spacial score (nSPS) is 14.2. The fourth-order valence-corrected chi connectivity index (χ4v) is 2.96.